The Kier molecular flexibility index (Phi) is 3.52. The number of imidazole rings is 1. The molecular formula is C19H17N3. The van der Waals surface area contributed by atoms with Gasteiger partial charge < -0.3 is 0 Å². The first kappa shape index (κ1) is 14.1. The van der Waals surface area contributed by atoms with Gasteiger partial charge in [-0.15, -0.1) is 0 Å². The lowest BCUT2D eigenvalue weighted by molar-refractivity contribution is 1.03. The summed E-state index contributed by atoms with van der Waals surface area (Å²) in [5.74, 6) is 0.930. The van der Waals surface area contributed by atoms with Crippen molar-refractivity contribution in [1.82, 2.24) is 9.55 Å². The van der Waals surface area contributed by atoms with Gasteiger partial charge in [0.2, 0.25) is 0 Å². The van der Waals surface area contributed by atoms with Gasteiger partial charge in [0.05, 0.1) is 12.3 Å². The van der Waals surface area contributed by atoms with Crippen molar-refractivity contribution in [2.45, 2.75) is 20.8 Å². The van der Waals surface area contributed by atoms with Gasteiger partial charge >= 0.3 is 0 Å². The van der Waals surface area contributed by atoms with Crippen molar-refractivity contribution in [2.24, 2.45) is 0 Å². The Morgan fingerprint density at radius 2 is 1.68 bits per heavy atom. The zero-order valence-corrected chi connectivity index (χ0v) is 13.0. The third-order valence-corrected chi connectivity index (χ3v) is 3.87. The molecule has 0 aliphatic rings. The van der Waals surface area contributed by atoms with E-state index in [-0.39, 0.29) is 0 Å². The second kappa shape index (κ2) is 5.50. The van der Waals surface area contributed by atoms with Crippen molar-refractivity contribution in [2.75, 3.05) is 0 Å². The molecule has 22 heavy (non-hydrogen) atoms. The largest absolute Gasteiger partial charge is 0.299 e. The minimum Gasteiger partial charge on any atom is -0.299 e. The van der Waals surface area contributed by atoms with E-state index in [2.05, 4.69) is 33.5 Å². The molecule has 1 heterocycles. The zero-order chi connectivity index (χ0) is 15.7. The van der Waals surface area contributed by atoms with E-state index in [4.69, 9.17) is 6.57 Å². The van der Waals surface area contributed by atoms with Crippen LogP contribution in [0.25, 0.3) is 21.9 Å². The van der Waals surface area contributed by atoms with Crippen LogP contribution in [-0.4, -0.2) is 9.55 Å². The van der Waals surface area contributed by atoms with Crippen molar-refractivity contribution < 1.29 is 0 Å². The van der Waals surface area contributed by atoms with Crippen LogP contribution in [0.4, 0.5) is 5.69 Å². The Labute approximate surface area is 130 Å². The van der Waals surface area contributed by atoms with Crippen molar-refractivity contribution in [1.29, 1.82) is 0 Å². The molecule has 0 aliphatic carbocycles. The minimum atomic E-state index is 0.677. The van der Waals surface area contributed by atoms with E-state index >= 15 is 0 Å². The topological polar surface area (TPSA) is 22.2 Å². The van der Waals surface area contributed by atoms with Gasteiger partial charge in [0.25, 0.3) is 0 Å². The standard InChI is InChI=1S/C19H17N3/c1-13-7-5-6-8-17(13)19-21-9-10-22(19)18-14(2)11-16(20-4)12-15(18)3/h5-12H,1-3H3. The number of nitrogens with zero attached hydrogens (tertiary/aromatic N) is 3. The molecule has 0 saturated heterocycles. The molecule has 0 fully saturated rings. The number of aromatic nitrogens is 2. The quantitative estimate of drug-likeness (QED) is 0.607. The van der Waals surface area contributed by atoms with Gasteiger partial charge in [-0.1, -0.05) is 36.4 Å². The summed E-state index contributed by atoms with van der Waals surface area (Å²) in [5, 5.41) is 0. The Hall–Kier alpha value is -2.86. The maximum Gasteiger partial charge on any atom is 0.187 e. The molecular weight excluding hydrogens is 270 g/mol. The van der Waals surface area contributed by atoms with Crippen molar-refractivity contribution >= 4 is 5.69 Å². The molecule has 0 unspecified atom stereocenters. The maximum absolute atomic E-state index is 7.19. The van der Waals surface area contributed by atoms with Crippen LogP contribution in [0, 0.1) is 27.3 Å². The lowest BCUT2D eigenvalue weighted by atomic mass is 10.1. The van der Waals surface area contributed by atoms with Gasteiger partial charge in [-0.2, -0.15) is 0 Å². The van der Waals surface area contributed by atoms with Crippen LogP contribution in [-0.2, 0) is 0 Å². The Morgan fingerprint density at radius 3 is 2.32 bits per heavy atom. The first-order valence-corrected chi connectivity index (χ1v) is 7.20. The highest BCUT2D eigenvalue weighted by atomic mass is 15.1. The van der Waals surface area contributed by atoms with E-state index in [1.165, 1.54) is 5.56 Å². The van der Waals surface area contributed by atoms with E-state index in [9.17, 15) is 0 Å². The van der Waals surface area contributed by atoms with Gasteiger partial charge in [-0.3, -0.25) is 4.57 Å². The molecule has 3 rings (SSSR count). The van der Waals surface area contributed by atoms with Gasteiger partial charge in [0, 0.05) is 18.0 Å². The van der Waals surface area contributed by atoms with E-state index < -0.39 is 0 Å². The predicted molar refractivity (Wildman–Crippen MR) is 89.5 cm³/mol. The molecule has 0 spiro atoms. The van der Waals surface area contributed by atoms with Crippen LogP contribution >= 0.6 is 0 Å². The fourth-order valence-corrected chi connectivity index (χ4v) is 2.88. The highest BCUT2D eigenvalue weighted by Crippen LogP contribution is 2.30. The molecule has 0 N–H and O–H groups in total. The van der Waals surface area contributed by atoms with Gasteiger partial charge in [0.15, 0.2) is 5.69 Å². The number of rotatable bonds is 2. The molecule has 0 amide bonds. The monoisotopic (exact) mass is 287 g/mol. The molecule has 0 saturated carbocycles. The summed E-state index contributed by atoms with van der Waals surface area (Å²) >= 11 is 0. The summed E-state index contributed by atoms with van der Waals surface area (Å²) < 4.78 is 2.11. The summed E-state index contributed by atoms with van der Waals surface area (Å²) in [7, 11) is 0. The van der Waals surface area contributed by atoms with Gasteiger partial charge in [0.1, 0.15) is 5.82 Å². The number of hydrogen-bond acceptors (Lipinski definition) is 1. The van der Waals surface area contributed by atoms with Crippen molar-refractivity contribution in [3.05, 3.63) is 76.9 Å². The molecule has 1 aromatic heterocycles. The Balaban J connectivity index is 2.23. The summed E-state index contributed by atoms with van der Waals surface area (Å²) in [4.78, 5) is 8.09. The molecule has 3 heteroatoms. The Bertz CT molecular complexity index is 859. The maximum atomic E-state index is 7.19. The SMILES string of the molecule is [C-]#[N+]c1cc(C)c(-n2ccnc2-c2ccccc2C)c(C)c1. The van der Waals surface area contributed by atoms with Crippen LogP contribution < -0.4 is 0 Å². The second-order valence-corrected chi connectivity index (χ2v) is 5.48. The predicted octanol–water partition coefficient (Wildman–Crippen LogP) is 5.02. The molecule has 108 valence electrons. The Morgan fingerprint density at radius 1 is 1.00 bits per heavy atom. The fourth-order valence-electron chi connectivity index (χ4n) is 2.88. The average molecular weight is 287 g/mol. The van der Waals surface area contributed by atoms with Crippen LogP contribution in [0.15, 0.2) is 48.8 Å². The number of hydrogen-bond donors (Lipinski definition) is 0. The number of aryl methyl sites for hydroxylation is 3. The highest BCUT2D eigenvalue weighted by Gasteiger charge is 2.13. The van der Waals surface area contributed by atoms with E-state index in [1.54, 1.807) is 0 Å². The summed E-state index contributed by atoms with van der Waals surface area (Å²) in [6, 6.07) is 12.1. The van der Waals surface area contributed by atoms with Crippen LogP contribution in [0.3, 0.4) is 0 Å². The lowest BCUT2D eigenvalue weighted by Gasteiger charge is -2.15. The fraction of sp³-hybridized carbons (Fsp3) is 0.158. The highest BCUT2D eigenvalue weighted by molar-refractivity contribution is 5.66. The third kappa shape index (κ3) is 2.29. The summed E-state index contributed by atoms with van der Waals surface area (Å²) in [5.41, 5.74) is 6.26. The van der Waals surface area contributed by atoms with E-state index in [1.807, 2.05) is 50.5 Å². The molecule has 0 bridgehead atoms. The summed E-state index contributed by atoms with van der Waals surface area (Å²) in [6.45, 7) is 13.4. The number of benzene rings is 2. The molecule has 3 aromatic rings. The second-order valence-electron chi connectivity index (χ2n) is 5.48. The molecule has 0 aliphatic heterocycles. The van der Waals surface area contributed by atoms with Gasteiger partial charge in [-0.05, 0) is 37.5 Å². The molecule has 2 aromatic carbocycles. The van der Waals surface area contributed by atoms with Gasteiger partial charge in [-0.25, -0.2) is 9.83 Å². The minimum absolute atomic E-state index is 0.677. The van der Waals surface area contributed by atoms with Crippen molar-refractivity contribution in [3.8, 4) is 17.1 Å². The zero-order valence-electron chi connectivity index (χ0n) is 13.0. The first-order chi connectivity index (χ1) is 10.6. The molecule has 3 nitrogen and oxygen atoms in total. The normalized spacial score (nSPS) is 10.5. The lowest BCUT2D eigenvalue weighted by Crippen LogP contribution is -2.02. The molecule has 0 atom stereocenters. The van der Waals surface area contributed by atoms with Crippen LogP contribution in [0.5, 0.6) is 0 Å². The van der Waals surface area contributed by atoms with E-state index in [0.717, 1.165) is 28.2 Å². The molecule has 0 radical (unpaired) electrons. The van der Waals surface area contributed by atoms with Crippen LogP contribution in [0.2, 0.25) is 0 Å². The summed E-state index contributed by atoms with van der Waals surface area (Å²) in [6.07, 6.45) is 3.80. The third-order valence-electron chi connectivity index (χ3n) is 3.87. The smallest absolute Gasteiger partial charge is 0.187 e. The van der Waals surface area contributed by atoms with E-state index in [0.29, 0.717) is 5.69 Å². The van der Waals surface area contributed by atoms with Crippen LogP contribution in [0.1, 0.15) is 16.7 Å². The average Bonchev–Trinajstić information content (AvgIpc) is 2.96. The first-order valence-electron chi connectivity index (χ1n) is 7.20. The van der Waals surface area contributed by atoms with Crippen molar-refractivity contribution in [3.63, 3.8) is 0 Å².